The Balaban J connectivity index is 5.35. The third-order valence-corrected chi connectivity index (χ3v) is 12.5. The molecule has 0 rings (SSSR count). The average Bonchev–Trinajstić information content (AvgIpc) is 2.40. The van der Waals surface area contributed by atoms with Crippen LogP contribution < -0.4 is 0 Å². The van der Waals surface area contributed by atoms with E-state index in [-0.39, 0.29) is 0 Å². The van der Waals surface area contributed by atoms with Crippen LogP contribution >= 0.6 is 0 Å². The summed E-state index contributed by atoms with van der Waals surface area (Å²) in [5.41, 5.74) is 2.67. The van der Waals surface area contributed by atoms with Gasteiger partial charge in [-0.1, -0.05) is 80.1 Å². The molecule has 1 nitrogen and oxygen atoms in total. The topological polar surface area (TPSA) is 9.23 Å². The monoisotopic (exact) mass is 300 g/mol. The molecule has 3 unspecified atom stereocenters. The number of ether oxygens (including phenoxy) is 1. The molecule has 0 saturated carbocycles. The molecule has 0 spiro atoms. The highest BCUT2D eigenvalue weighted by Crippen LogP contribution is 2.47. The van der Waals surface area contributed by atoms with E-state index in [0.29, 0.717) is 0 Å². The molecule has 20 heavy (non-hydrogen) atoms. The van der Waals surface area contributed by atoms with Crippen LogP contribution in [0.1, 0.15) is 87.0 Å². The Morgan fingerprint density at radius 1 is 0.700 bits per heavy atom. The van der Waals surface area contributed by atoms with Gasteiger partial charge in [-0.3, -0.25) is 0 Å². The van der Waals surface area contributed by atoms with Gasteiger partial charge in [-0.2, -0.15) is 0 Å². The minimum Gasteiger partial charge on any atom is -0.385 e. The van der Waals surface area contributed by atoms with Crippen molar-refractivity contribution in [1.82, 2.24) is 0 Å². The fourth-order valence-corrected chi connectivity index (χ4v) is 11.1. The molecule has 3 atom stereocenters. The van der Waals surface area contributed by atoms with Gasteiger partial charge in [0.1, 0.15) is 0 Å². The molecule has 0 fully saturated rings. The van der Waals surface area contributed by atoms with Crippen molar-refractivity contribution in [3.63, 3.8) is 0 Å². The summed E-state index contributed by atoms with van der Waals surface area (Å²) in [5, 5.41) is 0. The number of rotatable bonds is 12. The van der Waals surface area contributed by atoms with E-state index in [0.717, 1.165) is 29.5 Å². The summed E-state index contributed by atoms with van der Waals surface area (Å²) in [7, 11) is -1.41. The Morgan fingerprint density at radius 3 is 1.30 bits per heavy atom. The second kappa shape index (κ2) is 10.8. The molecule has 0 aromatic carbocycles. The zero-order chi connectivity index (χ0) is 15.6. The SMILES string of the molecule is CCCC(C)[Si](COCC)(C(C)CCC)C(C)CCC. The number of hydrogen-bond donors (Lipinski definition) is 0. The standard InChI is InChI=1S/C18H40OSi/c1-8-12-16(5)20(15-19-11-4,17(6)13-9-2)18(7)14-10-3/h16-18H,8-15H2,1-7H3. The molecule has 0 aliphatic carbocycles. The molecule has 0 saturated heterocycles. The molecule has 0 heterocycles. The van der Waals surface area contributed by atoms with E-state index in [1.165, 1.54) is 38.5 Å². The van der Waals surface area contributed by atoms with E-state index in [2.05, 4.69) is 48.5 Å². The predicted molar refractivity (Wildman–Crippen MR) is 95.2 cm³/mol. The van der Waals surface area contributed by atoms with Crippen LogP contribution in [-0.4, -0.2) is 20.9 Å². The highest BCUT2D eigenvalue weighted by atomic mass is 28.3. The highest BCUT2D eigenvalue weighted by Gasteiger charge is 2.46. The van der Waals surface area contributed by atoms with Gasteiger partial charge in [0.25, 0.3) is 0 Å². The van der Waals surface area contributed by atoms with Crippen LogP contribution in [0.4, 0.5) is 0 Å². The molecular weight excluding hydrogens is 260 g/mol. The van der Waals surface area contributed by atoms with Crippen molar-refractivity contribution < 1.29 is 4.74 Å². The van der Waals surface area contributed by atoms with Crippen molar-refractivity contribution >= 4 is 8.07 Å². The quantitative estimate of drug-likeness (QED) is 0.370. The lowest BCUT2D eigenvalue weighted by atomic mass is 10.2. The fourth-order valence-electron chi connectivity index (χ4n) is 4.27. The van der Waals surface area contributed by atoms with Crippen LogP contribution in [0.15, 0.2) is 0 Å². The van der Waals surface area contributed by atoms with Gasteiger partial charge < -0.3 is 4.74 Å². The van der Waals surface area contributed by atoms with Gasteiger partial charge in [-0.15, -0.1) is 0 Å². The summed E-state index contributed by atoms with van der Waals surface area (Å²) < 4.78 is 6.06. The van der Waals surface area contributed by atoms with Gasteiger partial charge in [0, 0.05) is 12.8 Å². The Bertz CT molecular complexity index is 198. The van der Waals surface area contributed by atoms with Crippen molar-refractivity contribution in [1.29, 1.82) is 0 Å². The van der Waals surface area contributed by atoms with Crippen LogP contribution in [0.2, 0.25) is 16.6 Å². The molecular formula is C18H40OSi. The Kier molecular flexibility index (Phi) is 10.9. The molecule has 0 N–H and O–H groups in total. The van der Waals surface area contributed by atoms with E-state index in [1.807, 2.05) is 0 Å². The van der Waals surface area contributed by atoms with Crippen molar-refractivity contribution in [3.8, 4) is 0 Å². The number of hydrogen-bond acceptors (Lipinski definition) is 1. The van der Waals surface area contributed by atoms with E-state index < -0.39 is 8.07 Å². The minimum absolute atomic E-state index is 0.880. The van der Waals surface area contributed by atoms with Gasteiger partial charge in [0.05, 0.1) is 8.07 Å². The van der Waals surface area contributed by atoms with Crippen LogP contribution in [0.5, 0.6) is 0 Å². The largest absolute Gasteiger partial charge is 0.385 e. The first kappa shape index (κ1) is 20.2. The van der Waals surface area contributed by atoms with Gasteiger partial charge in [-0.05, 0) is 23.5 Å². The smallest absolute Gasteiger partial charge is 0.0920 e. The van der Waals surface area contributed by atoms with Crippen LogP contribution in [0.3, 0.4) is 0 Å². The van der Waals surface area contributed by atoms with Crippen molar-refractivity contribution in [2.24, 2.45) is 0 Å². The van der Waals surface area contributed by atoms with Gasteiger partial charge >= 0.3 is 0 Å². The lowest BCUT2D eigenvalue weighted by Crippen LogP contribution is -2.51. The Hall–Kier alpha value is 0.177. The zero-order valence-electron chi connectivity index (χ0n) is 15.3. The van der Waals surface area contributed by atoms with E-state index in [4.69, 9.17) is 4.74 Å². The molecule has 0 aromatic heterocycles. The van der Waals surface area contributed by atoms with E-state index >= 15 is 0 Å². The molecule has 122 valence electrons. The molecule has 0 aliphatic rings. The van der Waals surface area contributed by atoms with Gasteiger partial charge in [0.15, 0.2) is 0 Å². The normalized spacial score (nSPS) is 19.4. The van der Waals surface area contributed by atoms with E-state index in [9.17, 15) is 0 Å². The van der Waals surface area contributed by atoms with Crippen molar-refractivity contribution in [2.45, 2.75) is 104 Å². The first-order chi connectivity index (χ1) is 9.50. The molecule has 2 heteroatoms. The third-order valence-electron chi connectivity index (χ3n) is 5.47. The molecule has 0 amide bonds. The Morgan fingerprint density at radius 2 is 1.05 bits per heavy atom. The summed E-state index contributed by atoms with van der Waals surface area (Å²) in [6.07, 6.45) is 9.22. The average molecular weight is 301 g/mol. The van der Waals surface area contributed by atoms with Crippen molar-refractivity contribution in [3.05, 3.63) is 0 Å². The van der Waals surface area contributed by atoms with Crippen LogP contribution in [0.25, 0.3) is 0 Å². The first-order valence-corrected chi connectivity index (χ1v) is 11.5. The van der Waals surface area contributed by atoms with Crippen LogP contribution in [-0.2, 0) is 4.74 Å². The minimum atomic E-state index is -1.41. The first-order valence-electron chi connectivity index (χ1n) is 9.08. The summed E-state index contributed by atoms with van der Waals surface area (Å²) in [5.74, 6) is 0. The summed E-state index contributed by atoms with van der Waals surface area (Å²) in [6, 6.07) is 0. The van der Waals surface area contributed by atoms with E-state index in [1.54, 1.807) is 0 Å². The fraction of sp³-hybridized carbons (Fsp3) is 1.00. The Labute approximate surface area is 129 Å². The van der Waals surface area contributed by atoms with Crippen molar-refractivity contribution in [2.75, 3.05) is 12.8 Å². The maximum absolute atomic E-state index is 6.06. The maximum Gasteiger partial charge on any atom is 0.0920 e. The molecule has 0 aromatic rings. The predicted octanol–water partition coefficient (Wildman–Crippen LogP) is 6.58. The van der Waals surface area contributed by atoms with Crippen LogP contribution in [0, 0.1) is 0 Å². The zero-order valence-corrected chi connectivity index (χ0v) is 16.3. The lowest BCUT2D eigenvalue weighted by Gasteiger charge is -2.46. The summed E-state index contributed by atoms with van der Waals surface area (Å²) in [6.45, 7) is 17.7. The summed E-state index contributed by atoms with van der Waals surface area (Å²) in [4.78, 5) is 0. The lowest BCUT2D eigenvalue weighted by molar-refractivity contribution is 0.182. The van der Waals surface area contributed by atoms with Gasteiger partial charge in [-0.25, -0.2) is 0 Å². The summed E-state index contributed by atoms with van der Waals surface area (Å²) >= 11 is 0. The molecule has 0 radical (unpaired) electrons. The molecule has 0 aliphatic heterocycles. The highest BCUT2D eigenvalue weighted by molar-refractivity contribution is 6.83. The second-order valence-corrected chi connectivity index (χ2v) is 12.3. The molecule has 0 bridgehead atoms. The maximum atomic E-state index is 6.06. The second-order valence-electron chi connectivity index (χ2n) is 6.82. The van der Waals surface area contributed by atoms with Gasteiger partial charge in [0.2, 0.25) is 0 Å². The third kappa shape index (κ3) is 5.18.